The number of hydrazone groups is 1. The molecule has 3 aromatic rings. The van der Waals surface area contributed by atoms with Gasteiger partial charge in [0.2, 0.25) is 0 Å². The Morgan fingerprint density at radius 3 is 2.40 bits per heavy atom. The van der Waals surface area contributed by atoms with Gasteiger partial charge in [0, 0.05) is 43.7 Å². The van der Waals surface area contributed by atoms with E-state index in [0.717, 1.165) is 6.07 Å². The van der Waals surface area contributed by atoms with E-state index in [9.17, 15) is 22.8 Å². The van der Waals surface area contributed by atoms with Crippen LogP contribution in [-0.4, -0.2) is 78.3 Å². The molecule has 0 saturated carbocycles. The lowest BCUT2D eigenvalue weighted by atomic mass is 9.98. The molecule has 5 rings (SSSR count). The molecule has 40 heavy (non-hydrogen) atoms. The van der Waals surface area contributed by atoms with Gasteiger partial charge >= 0.3 is 0 Å². The van der Waals surface area contributed by atoms with Crippen molar-refractivity contribution in [3.8, 4) is 0 Å². The van der Waals surface area contributed by atoms with Crippen LogP contribution in [0.3, 0.4) is 0 Å². The second kappa shape index (κ2) is 12.4. The molecule has 2 aliphatic rings. The molecule has 0 N–H and O–H groups in total. The molecule has 0 unspecified atom stereocenters. The van der Waals surface area contributed by atoms with Crippen molar-refractivity contribution in [2.45, 2.75) is 12.5 Å². The number of benzene rings is 3. The highest BCUT2D eigenvalue weighted by atomic mass is 19.1. The lowest BCUT2D eigenvalue weighted by Gasteiger charge is -2.31. The molecule has 10 heteroatoms. The molecule has 2 amide bonds. The fraction of sp³-hybridized carbons (Fsp3) is 0.300. The lowest BCUT2D eigenvalue weighted by Crippen LogP contribution is -2.46. The third-order valence-corrected chi connectivity index (χ3v) is 7.08. The Balaban J connectivity index is 1.42. The standard InChI is InChI=1S/C30H29F3N4O3/c31-23-10-8-21(9-11-23)27-19-28(25-6-1-2-7-26(25)33)37(34-27)29(38)20-36(13-12-35-14-16-40-17-15-35)30(39)22-4-3-5-24(32)18-22/h1-11,18,28H,12-17,19-20H2/t28-/m0/s1. The van der Waals surface area contributed by atoms with Gasteiger partial charge in [0.25, 0.3) is 11.8 Å². The smallest absolute Gasteiger partial charge is 0.262 e. The maximum absolute atomic E-state index is 14.9. The normalized spacial score (nSPS) is 17.5. The molecule has 0 bridgehead atoms. The number of nitrogens with zero attached hydrogens (tertiary/aromatic N) is 4. The summed E-state index contributed by atoms with van der Waals surface area (Å²) in [5.41, 5.74) is 1.52. The lowest BCUT2D eigenvalue weighted by molar-refractivity contribution is -0.133. The number of hydrogen-bond acceptors (Lipinski definition) is 5. The van der Waals surface area contributed by atoms with Crippen molar-refractivity contribution < 1.29 is 27.5 Å². The molecule has 1 saturated heterocycles. The van der Waals surface area contributed by atoms with Crippen molar-refractivity contribution in [3.63, 3.8) is 0 Å². The summed E-state index contributed by atoms with van der Waals surface area (Å²) in [6.45, 7) is 2.92. The van der Waals surface area contributed by atoms with Crippen LogP contribution in [0.5, 0.6) is 0 Å². The maximum Gasteiger partial charge on any atom is 0.262 e. The Morgan fingerprint density at radius 2 is 1.68 bits per heavy atom. The third kappa shape index (κ3) is 6.40. The first-order valence-corrected chi connectivity index (χ1v) is 13.1. The van der Waals surface area contributed by atoms with E-state index in [2.05, 4.69) is 10.0 Å². The Hall–Kier alpha value is -4.02. The number of ether oxygens (including phenoxy) is 1. The molecule has 7 nitrogen and oxygen atoms in total. The minimum absolute atomic E-state index is 0.123. The second-order valence-electron chi connectivity index (χ2n) is 9.72. The van der Waals surface area contributed by atoms with Gasteiger partial charge in [0.1, 0.15) is 24.0 Å². The monoisotopic (exact) mass is 550 g/mol. The Labute approximate surface area is 230 Å². The zero-order valence-electron chi connectivity index (χ0n) is 21.8. The summed E-state index contributed by atoms with van der Waals surface area (Å²) >= 11 is 0. The molecule has 2 aliphatic heterocycles. The van der Waals surface area contributed by atoms with Crippen molar-refractivity contribution in [1.29, 1.82) is 0 Å². The van der Waals surface area contributed by atoms with Gasteiger partial charge in [-0.05, 0) is 42.0 Å². The summed E-state index contributed by atoms with van der Waals surface area (Å²) in [5, 5.41) is 5.73. The largest absolute Gasteiger partial charge is 0.379 e. The minimum atomic E-state index is -0.751. The van der Waals surface area contributed by atoms with E-state index in [1.54, 1.807) is 30.3 Å². The number of morpholine rings is 1. The molecule has 3 aromatic carbocycles. The maximum atomic E-state index is 14.9. The number of hydrogen-bond donors (Lipinski definition) is 0. The molecule has 0 aromatic heterocycles. The summed E-state index contributed by atoms with van der Waals surface area (Å²) < 4.78 is 47.8. The van der Waals surface area contributed by atoms with Crippen LogP contribution in [0.4, 0.5) is 13.2 Å². The average molecular weight is 551 g/mol. The molecular formula is C30H29F3N4O3. The second-order valence-corrected chi connectivity index (χ2v) is 9.72. The summed E-state index contributed by atoms with van der Waals surface area (Å²) in [5.74, 6) is -2.46. The van der Waals surface area contributed by atoms with E-state index in [0.29, 0.717) is 44.1 Å². The summed E-state index contributed by atoms with van der Waals surface area (Å²) in [6, 6.07) is 16.4. The van der Waals surface area contributed by atoms with E-state index in [4.69, 9.17) is 4.74 Å². The SMILES string of the molecule is O=C(c1cccc(F)c1)N(CCN1CCOCC1)CC(=O)N1N=C(c2ccc(F)cc2)C[C@H]1c1ccccc1F. The van der Waals surface area contributed by atoms with Crippen LogP contribution >= 0.6 is 0 Å². The molecule has 208 valence electrons. The quantitative estimate of drug-likeness (QED) is 0.421. The van der Waals surface area contributed by atoms with E-state index < -0.39 is 35.3 Å². The van der Waals surface area contributed by atoms with Crippen LogP contribution in [0.2, 0.25) is 0 Å². The van der Waals surface area contributed by atoms with Crippen LogP contribution in [0, 0.1) is 17.5 Å². The van der Waals surface area contributed by atoms with E-state index in [-0.39, 0.29) is 30.6 Å². The first kappa shape index (κ1) is 27.5. The molecule has 1 fully saturated rings. The van der Waals surface area contributed by atoms with Crippen molar-refractivity contribution in [3.05, 3.63) is 107 Å². The third-order valence-electron chi connectivity index (χ3n) is 7.08. The van der Waals surface area contributed by atoms with Gasteiger partial charge < -0.3 is 9.64 Å². The highest BCUT2D eigenvalue weighted by molar-refractivity contribution is 6.03. The number of carbonyl (C=O) groups is 2. The first-order valence-electron chi connectivity index (χ1n) is 13.1. The van der Waals surface area contributed by atoms with Crippen LogP contribution in [-0.2, 0) is 9.53 Å². The first-order chi connectivity index (χ1) is 19.4. The van der Waals surface area contributed by atoms with Crippen LogP contribution in [0.15, 0.2) is 77.9 Å². The molecule has 0 spiro atoms. The summed E-state index contributed by atoms with van der Waals surface area (Å²) in [4.78, 5) is 30.7. The fourth-order valence-electron chi connectivity index (χ4n) is 4.92. The van der Waals surface area contributed by atoms with Gasteiger partial charge in [-0.2, -0.15) is 5.10 Å². The van der Waals surface area contributed by atoms with E-state index in [1.165, 1.54) is 46.3 Å². The highest BCUT2D eigenvalue weighted by Gasteiger charge is 2.36. The number of rotatable bonds is 8. The van der Waals surface area contributed by atoms with Crippen molar-refractivity contribution in [2.75, 3.05) is 45.9 Å². The van der Waals surface area contributed by atoms with Gasteiger partial charge in [-0.25, -0.2) is 18.2 Å². The average Bonchev–Trinajstić information content (AvgIpc) is 3.41. The molecule has 0 radical (unpaired) electrons. The number of halogens is 3. The number of carbonyl (C=O) groups excluding carboxylic acids is 2. The number of amides is 2. The van der Waals surface area contributed by atoms with E-state index in [1.807, 2.05) is 0 Å². The van der Waals surface area contributed by atoms with Gasteiger partial charge in [0.05, 0.1) is 25.0 Å². The molecule has 1 atom stereocenters. The Bertz CT molecular complexity index is 1390. The predicted molar refractivity (Wildman–Crippen MR) is 143 cm³/mol. The van der Waals surface area contributed by atoms with Gasteiger partial charge in [-0.15, -0.1) is 0 Å². The van der Waals surface area contributed by atoms with Gasteiger partial charge in [-0.3, -0.25) is 14.5 Å². The molecular weight excluding hydrogens is 521 g/mol. The van der Waals surface area contributed by atoms with Crippen molar-refractivity contribution in [1.82, 2.24) is 14.8 Å². The summed E-state index contributed by atoms with van der Waals surface area (Å²) in [7, 11) is 0. The Morgan fingerprint density at radius 1 is 0.925 bits per heavy atom. The predicted octanol–water partition coefficient (Wildman–Crippen LogP) is 4.26. The van der Waals surface area contributed by atoms with Crippen LogP contribution < -0.4 is 0 Å². The van der Waals surface area contributed by atoms with E-state index >= 15 is 0 Å². The zero-order chi connectivity index (χ0) is 28.1. The van der Waals surface area contributed by atoms with Crippen molar-refractivity contribution >= 4 is 17.5 Å². The van der Waals surface area contributed by atoms with Gasteiger partial charge in [0.15, 0.2) is 0 Å². The van der Waals surface area contributed by atoms with Crippen molar-refractivity contribution in [2.24, 2.45) is 5.10 Å². The van der Waals surface area contributed by atoms with Crippen LogP contribution in [0.25, 0.3) is 0 Å². The summed E-state index contributed by atoms with van der Waals surface area (Å²) in [6.07, 6.45) is 0.212. The van der Waals surface area contributed by atoms with Crippen LogP contribution in [0.1, 0.15) is 33.9 Å². The topological polar surface area (TPSA) is 65.5 Å². The van der Waals surface area contributed by atoms with Gasteiger partial charge in [-0.1, -0.05) is 36.4 Å². The minimum Gasteiger partial charge on any atom is -0.379 e. The fourth-order valence-corrected chi connectivity index (χ4v) is 4.92. The molecule has 0 aliphatic carbocycles. The zero-order valence-corrected chi connectivity index (χ0v) is 21.8. The Kier molecular flexibility index (Phi) is 8.57. The molecule has 2 heterocycles. The highest BCUT2D eigenvalue weighted by Crippen LogP contribution is 2.34.